The Morgan fingerprint density at radius 1 is 1.14 bits per heavy atom. The standard InChI is InChI=1S/C17H20N2OS/c20-16-10-12(11-19(16)13-6-2-1-3-7-13)17-18-14-8-4-5-9-15(14)21-17/h4-5,8-9,12-13H,1-3,6-7,10-11H2. The van der Waals surface area contributed by atoms with Gasteiger partial charge in [-0.25, -0.2) is 4.98 Å². The highest BCUT2D eigenvalue weighted by Crippen LogP contribution is 2.36. The number of hydrogen-bond donors (Lipinski definition) is 0. The van der Waals surface area contributed by atoms with Crippen molar-refractivity contribution < 1.29 is 4.79 Å². The summed E-state index contributed by atoms with van der Waals surface area (Å²) in [6.07, 6.45) is 6.92. The SMILES string of the molecule is O=C1CC(c2nc3ccccc3s2)CN1C1CCCCC1. The molecule has 4 heteroatoms. The maximum atomic E-state index is 12.4. The molecule has 1 aromatic carbocycles. The van der Waals surface area contributed by atoms with Crippen LogP contribution in [0.25, 0.3) is 10.2 Å². The lowest BCUT2D eigenvalue weighted by Gasteiger charge is -2.31. The van der Waals surface area contributed by atoms with Crippen molar-refractivity contribution in [1.29, 1.82) is 0 Å². The molecule has 0 bridgehead atoms. The van der Waals surface area contributed by atoms with Crippen LogP contribution in [0.5, 0.6) is 0 Å². The van der Waals surface area contributed by atoms with Gasteiger partial charge in [0.1, 0.15) is 0 Å². The zero-order valence-electron chi connectivity index (χ0n) is 12.1. The van der Waals surface area contributed by atoms with E-state index >= 15 is 0 Å². The molecule has 1 saturated heterocycles. The summed E-state index contributed by atoms with van der Waals surface area (Å²) in [6, 6.07) is 8.75. The maximum Gasteiger partial charge on any atom is 0.223 e. The molecule has 110 valence electrons. The highest BCUT2D eigenvalue weighted by molar-refractivity contribution is 7.18. The fraction of sp³-hybridized carbons (Fsp3) is 0.529. The van der Waals surface area contributed by atoms with Crippen LogP contribution in [0.4, 0.5) is 0 Å². The topological polar surface area (TPSA) is 33.2 Å². The van der Waals surface area contributed by atoms with Crippen molar-refractivity contribution in [2.24, 2.45) is 0 Å². The quantitative estimate of drug-likeness (QED) is 0.841. The van der Waals surface area contributed by atoms with E-state index in [1.165, 1.54) is 36.8 Å². The van der Waals surface area contributed by atoms with Gasteiger partial charge in [0.05, 0.1) is 15.2 Å². The summed E-state index contributed by atoms with van der Waals surface area (Å²) in [5, 5.41) is 1.14. The Labute approximate surface area is 129 Å². The van der Waals surface area contributed by atoms with Crippen molar-refractivity contribution in [3.05, 3.63) is 29.3 Å². The van der Waals surface area contributed by atoms with E-state index in [9.17, 15) is 4.79 Å². The summed E-state index contributed by atoms with van der Waals surface area (Å²) in [6.45, 7) is 0.878. The Kier molecular flexibility index (Phi) is 3.42. The Morgan fingerprint density at radius 3 is 2.76 bits per heavy atom. The number of hydrogen-bond acceptors (Lipinski definition) is 3. The number of para-hydroxylation sites is 1. The summed E-state index contributed by atoms with van der Waals surface area (Å²) in [4.78, 5) is 19.3. The van der Waals surface area contributed by atoms with Gasteiger partial charge in [-0.15, -0.1) is 11.3 Å². The highest BCUT2D eigenvalue weighted by atomic mass is 32.1. The number of aromatic nitrogens is 1. The molecule has 1 atom stereocenters. The van der Waals surface area contributed by atoms with E-state index in [2.05, 4.69) is 23.1 Å². The van der Waals surface area contributed by atoms with Crippen molar-refractivity contribution in [1.82, 2.24) is 9.88 Å². The van der Waals surface area contributed by atoms with Gasteiger partial charge in [0.25, 0.3) is 0 Å². The van der Waals surface area contributed by atoms with Crippen LogP contribution in [0, 0.1) is 0 Å². The van der Waals surface area contributed by atoms with E-state index in [-0.39, 0.29) is 0 Å². The van der Waals surface area contributed by atoms with Crippen molar-refractivity contribution >= 4 is 27.5 Å². The molecule has 4 rings (SSSR count). The van der Waals surface area contributed by atoms with Gasteiger partial charge in [0.2, 0.25) is 5.91 Å². The third-order valence-electron chi connectivity index (χ3n) is 4.83. The molecule has 1 saturated carbocycles. The number of likely N-dealkylation sites (tertiary alicyclic amines) is 1. The predicted molar refractivity (Wildman–Crippen MR) is 85.6 cm³/mol. The fourth-order valence-corrected chi connectivity index (χ4v) is 4.77. The molecule has 1 aromatic heterocycles. The molecule has 1 unspecified atom stereocenters. The maximum absolute atomic E-state index is 12.4. The molecule has 21 heavy (non-hydrogen) atoms. The van der Waals surface area contributed by atoms with Crippen LogP contribution in [-0.2, 0) is 4.79 Å². The number of carbonyl (C=O) groups excluding carboxylic acids is 1. The zero-order valence-corrected chi connectivity index (χ0v) is 12.9. The first-order valence-corrected chi connectivity index (χ1v) is 8.78. The van der Waals surface area contributed by atoms with Crippen LogP contribution in [0.3, 0.4) is 0 Å². The van der Waals surface area contributed by atoms with E-state index in [4.69, 9.17) is 4.98 Å². The molecule has 2 heterocycles. The number of amides is 1. The third-order valence-corrected chi connectivity index (χ3v) is 6.03. The largest absolute Gasteiger partial charge is 0.339 e. The lowest BCUT2D eigenvalue weighted by atomic mass is 9.94. The first-order chi connectivity index (χ1) is 10.3. The summed E-state index contributed by atoms with van der Waals surface area (Å²) >= 11 is 1.76. The number of benzene rings is 1. The first-order valence-electron chi connectivity index (χ1n) is 7.96. The number of rotatable bonds is 2. The predicted octanol–water partition coefficient (Wildman–Crippen LogP) is 3.94. The number of carbonyl (C=O) groups is 1. The lowest BCUT2D eigenvalue weighted by Crippen LogP contribution is -2.37. The van der Waals surface area contributed by atoms with E-state index in [1.807, 2.05) is 6.07 Å². The molecule has 2 aliphatic rings. The number of fused-ring (bicyclic) bond motifs is 1. The summed E-state index contributed by atoms with van der Waals surface area (Å²) in [7, 11) is 0. The van der Waals surface area contributed by atoms with Crippen molar-refractivity contribution in [3.63, 3.8) is 0 Å². The van der Waals surface area contributed by atoms with Gasteiger partial charge in [-0.2, -0.15) is 0 Å². The molecule has 0 N–H and O–H groups in total. The van der Waals surface area contributed by atoms with Crippen LogP contribution >= 0.6 is 11.3 Å². The molecule has 0 spiro atoms. The Hall–Kier alpha value is -1.42. The van der Waals surface area contributed by atoms with Crippen LogP contribution in [0.1, 0.15) is 49.5 Å². The van der Waals surface area contributed by atoms with E-state index in [0.717, 1.165) is 17.1 Å². The van der Waals surface area contributed by atoms with Gasteiger partial charge >= 0.3 is 0 Å². The van der Waals surface area contributed by atoms with Gasteiger partial charge in [0, 0.05) is 24.9 Å². The minimum absolute atomic E-state index is 0.303. The molecule has 1 amide bonds. The summed E-state index contributed by atoms with van der Waals surface area (Å²) in [5.41, 5.74) is 1.07. The van der Waals surface area contributed by atoms with Gasteiger partial charge in [0.15, 0.2) is 0 Å². The summed E-state index contributed by atoms with van der Waals surface area (Å²) in [5.74, 6) is 0.642. The molecule has 2 aromatic rings. The van der Waals surface area contributed by atoms with Crippen LogP contribution in [-0.4, -0.2) is 28.4 Å². The van der Waals surface area contributed by atoms with Crippen molar-refractivity contribution in [2.45, 2.75) is 50.5 Å². The molecule has 1 aliphatic carbocycles. The van der Waals surface area contributed by atoms with Crippen molar-refractivity contribution in [2.75, 3.05) is 6.54 Å². The smallest absolute Gasteiger partial charge is 0.223 e. The van der Waals surface area contributed by atoms with E-state index < -0.39 is 0 Å². The molecule has 1 aliphatic heterocycles. The van der Waals surface area contributed by atoms with Gasteiger partial charge < -0.3 is 4.90 Å². The lowest BCUT2D eigenvalue weighted by molar-refractivity contribution is -0.130. The van der Waals surface area contributed by atoms with Crippen LogP contribution in [0.15, 0.2) is 24.3 Å². The first kappa shape index (κ1) is 13.3. The summed E-state index contributed by atoms with van der Waals surface area (Å²) < 4.78 is 1.23. The molecular weight excluding hydrogens is 280 g/mol. The van der Waals surface area contributed by atoms with Crippen LogP contribution < -0.4 is 0 Å². The number of thiazole rings is 1. The van der Waals surface area contributed by atoms with Crippen molar-refractivity contribution in [3.8, 4) is 0 Å². The minimum Gasteiger partial charge on any atom is -0.339 e. The van der Waals surface area contributed by atoms with E-state index in [0.29, 0.717) is 24.3 Å². The van der Waals surface area contributed by atoms with Gasteiger partial charge in [-0.1, -0.05) is 31.4 Å². The molecular formula is C17H20N2OS. The monoisotopic (exact) mass is 300 g/mol. The normalized spacial score (nSPS) is 24.1. The van der Waals surface area contributed by atoms with Gasteiger partial charge in [-0.05, 0) is 25.0 Å². The Balaban J connectivity index is 1.55. The highest BCUT2D eigenvalue weighted by Gasteiger charge is 2.36. The Morgan fingerprint density at radius 2 is 1.95 bits per heavy atom. The molecule has 0 radical (unpaired) electrons. The third kappa shape index (κ3) is 2.46. The molecule has 2 fully saturated rings. The van der Waals surface area contributed by atoms with Crippen LogP contribution in [0.2, 0.25) is 0 Å². The minimum atomic E-state index is 0.303. The van der Waals surface area contributed by atoms with E-state index in [1.54, 1.807) is 11.3 Å². The Bertz CT molecular complexity index is 627. The second kappa shape index (κ2) is 5.41. The second-order valence-electron chi connectivity index (χ2n) is 6.26. The second-order valence-corrected chi connectivity index (χ2v) is 7.32. The fourth-order valence-electron chi connectivity index (χ4n) is 3.71. The molecule has 3 nitrogen and oxygen atoms in total. The zero-order chi connectivity index (χ0) is 14.2. The average molecular weight is 300 g/mol. The number of nitrogens with zero attached hydrogens (tertiary/aromatic N) is 2. The average Bonchev–Trinajstić information content (AvgIpc) is 3.11. The van der Waals surface area contributed by atoms with Gasteiger partial charge in [-0.3, -0.25) is 4.79 Å².